The van der Waals surface area contributed by atoms with Crippen molar-refractivity contribution in [3.63, 3.8) is 0 Å². The van der Waals surface area contributed by atoms with E-state index in [0.29, 0.717) is 17.9 Å². The van der Waals surface area contributed by atoms with E-state index in [0.717, 1.165) is 37.2 Å². The minimum absolute atomic E-state index is 0.0538. The quantitative estimate of drug-likeness (QED) is 0.838. The summed E-state index contributed by atoms with van der Waals surface area (Å²) in [5.41, 5.74) is 5.31. The number of fused-ring (bicyclic) bond motifs is 1. The first-order valence-corrected chi connectivity index (χ1v) is 9.52. The summed E-state index contributed by atoms with van der Waals surface area (Å²) in [6.07, 6.45) is 1.02. The standard InChI is InChI=1S/C21H23ClN2O3/c1-3-24-12-17(14-4-5-15-11-23(2)7-6-13(15)8-14)21(27-24)16-9-18(22)20(26)10-19(16)25/h4-5,8-10,25-26H,3,6-7,11-12H2,1-2H3. The van der Waals surface area contributed by atoms with Crippen molar-refractivity contribution in [1.82, 2.24) is 9.96 Å². The molecule has 0 atom stereocenters. The topological polar surface area (TPSA) is 56.2 Å². The van der Waals surface area contributed by atoms with Crippen LogP contribution in [0, 0.1) is 0 Å². The summed E-state index contributed by atoms with van der Waals surface area (Å²) >= 11 is 6.08. The maximum atomic E-state index is 10.4. The molecule has 5 nitrogen and oxygen atoms in total. The molecule has 2 aromatic carbocycles. The van der Waals surface area contributed by atoms with E-state index in [2.05, 4.69) is 30.1 Å². The predicted octanol–water partition coefficient (Wildman–Crippen LogP) is 3.87. The van der Waals surface area contributed by atoms with Crippen molar-refractivity contribution in [2.45, 2.75) is 19.9 Å². The summed E-state index contributed by atoms with van der Waals surface area (Å²) in [6.45, 7) is 5.38. The van der Waals surface area contributed by atoms with E-state index in [-0.39, 0.29) is 16.5 Å². The number of likely N-dealkylation sites (N-methyl/N-ethyl adjacent to an activating group) is 2. The van der Waals surface area contributed by atoms with Crippen LogP contribution in [0.2, 0.25) is 5.02 Å². The fraction of sp³-hybridized carbons (Fsp3) is 0.333. The number of nitrogens with zero attached hydrogens (tertiary/aromatic N) is 2. The van der Waals surface area contributed by atoms with Gasteiger partial charge in [-0.3, -0.25) is 0 Å². The Bertz CT molecular complexity index is 926. The lowest BCUT2D eigenvalue weighted by molar-refractivity contribution is -0.0556. The van der Waals surface area contributed by atoms with Crippen LogP contribution in [0.15, 0.2) is 30.3 Å². The van der Waals surface area contributed by atoms with Crippen molar-refractivity contribution in [2.24, 2.45) is 0 Å². The molecule has 2 N–H and O–H groups in total. The summed E-state index contributed by atoms with van der Waals surface area (Å²) in [4.78, 5) is 8.33. The highest BCUT2D eigenvalue weighted by Crippen LogP contribution is 2.42. The Morgan fingerprint density at radius 2 is 1.89 bits per heavy atom. The van der Waals surface area contributed by atoms with Gasteiger partial charge in [-0.15, -0.1) is 5.06 Å². The van der Waals surface area contributed by atoms with Crippen molar-refractivity contribution in [2.75, 3.05) is 26.7 Å². The smallest absolute Gasteiger partial charge is 0.163 e. The third kappa shape index (κ3) is 3.38. The molecule has 0 saturated carbocycles. The first-order valence-electron chi connectivity index (χ1n) is 9.15. The molecule has 2 heterocycles. The number of halogens is 1. The Kier molecular flexibility index (Phi) is 4.76. The highest BCUT2D eigenvalue weighted by atomic mass is 35.5. The van der Waals surface area contributed by atoms with Gasteiger partial charge in [-0.1, -0.05) is 29.8 Å². The number of phenols is 2. The Hall–Kier alpha value is -2.21. The second kappa shape index (κ2) is 7.08. The Morgan fingerprint density at radius 1 is 1.07 bits per heavy atom. The average molecular weight is 387 g/mol. The molecule has 0 fully saturated rings. The third-order valence-corrected chi connectivity index (χ3v) is 5.55. The van der Waals surface area contributed by atoms with E-state index in [1.807, 2.05) is 12.0 Å². The van der Waals surface area contributed by atoms with Gasteiger partial charge in [-0.25, -0.2) is 0 Å². The average Bonchev–Trinajstić information content (AvgIpc) is 3.08. The number of phenolic OH excluding ortho intramolecular Hbond substituents is 2. The predicted molar refractivity (Wildman–Crippen MR) is 106 cm³/mol. The molecule has 0 spiro atoms. The van der Waals surface area contributed by atoms with E-state index in [9.17, 15) is 10.2 Å². The van der Waals surface area contributed by atoms with Gasteiger partial charge in [-0.2, -0.15) is 0 Å². The minimum Gasteiger partial charge on any atom is -0.507 e. The summed E-state index contributed by atoms with van der Waals surface area (Å²) in [5.74, 6) is 0.384. The first kappa shape index (κ1) is 18.2. The molecule has 0 unspecified atom stereocenters. The van der Waals surface area contributed by atoms with E-state index >= 15 is 0 Å². The second-order valence-electron chi connectivity index (χ2n) is 7.15. The van der Waals surface area contributed by atoms with Crippen LogP contribution < -0.4 is 0 Å². The van der Waals surface area contributed by atoms with Crippen molar-refractivity contribution in [3.8, 4) is 11.5 Å². The molecule has 0 bridgehead atoms. The molecule has 2 aliphatic rings. The summed E-state index contributed by atoms with van der Waals surface area (Å²) < 4.78 is 0. The SMILES string of the molecule is CCN1CC(c2ccc3c(c2)CCN(C)C3)=C(c2cc(Cl)c(O)cc2O)O1. The fourth-order valence-corrected chi connectivity index (χ4v) is 3.85. The van der Waals surface area contributed by atoms with Crippen LogP contribution in [0.3, 0.4) is 0 Å². The molecule has 0 aliphatic carbocycles. The van der Waals surface area contributed by atoms with Crippen molar-refractivity contribution < 1.29 is 15.1 Å². The monoisotopic (exact) mass is 386 g/mol. The lowest BCUT2D eigenvalue weighted by atomic mass is 9.93. The van der Waals surface area contributed by atoms with Crippen LogP contribution in [0.25, 0.3) is 11.3 Å². The molecule has 0 amide bonds. The Labute approximate surface area is 164 Å². The van der Waals surface area contributed by atoms with Gasteiger partial charge in [0, 0.05) is 31.3 Å². The molecule has 2 aliphatic heterocycles. The van der Waals surface area contributed by atoms with E-state index < -0.39 is 0 Å². The van der Waals surface area contributed by atoms with Gasteiger partial charge in [0.2, 0.25) is 0 Å². The molecule has 142 valence electrons. The number of aromatic hydroxyl groups is 2. The van der Waals surface area contributed by atoms with Crippen molar-refractivity contribution >= 4 is 22.9 Å². The van der Waals surface area contributed by atoms with Gasteiger partial charge < -0.3 is 20.0 Å². The second-order valence-corrected chi connectivity index (χ2v) is 7.55. The van der Waals surface area contributed by atoms with E-state index in [1.54, 1.807) is 6.07 Å². The van der Waals surface area contributed by atoms with Crippen LogP contribution in [0.1, 0.15) is 29.2 Å². The molecule has 0 saturated heterocycles. The third-order valence-electron chi connectivity index (χ3n) is 5.25. The Balaban J connectivity index is 1.81. The van der Waals surface area contributed by atoms with Gasteiger partial charge >= 0.3 is 0 Å². The highest BCUT2D eigenvalue weighted by molar-refractivity contribution is 6.32. The number of benzene rings is 2. The zero-order valence-corrected chi connectivity index (χ0v) is 16.3. The molecular weight excluding hydrogens is 364 g/mol. The molecule has 0 radical (unpaired) electrons. The van der Waals surface area contributed by atoms with E-state index in [1.165, 1.54) is 17.2 Å². The normalized spacial score (nSPS) is 17.9. The van der Waals surface area contributed by atoms with E-state index in [4.69, 9.17) is 16.4 Å². The lowest BCUT2D eigenvalue weighted by Gasteiger charge is -2.25. The van der Waals surface area contributed by atoms with Crippen molar-refractivity contribution in [1.29, 1.82) is 0 Å². The maximum absolute atomic E-state index is 10.4. The van der Waals surface area contributed by atoms with Gasteiger partial charge in [0.25, 0.3) is 0 Å². The van der Waals surface area contributed by atoms with Crippen molar-refractivity contribution in [3.05, 3.63) is 57.6 Å². The molecular formula is C21H23ClN2O3. The zero-order valence-electron chi connectivity index (χ0n) is 15.5. The summed E-state index contributed by atoms with van der Waals surface area (Å²) in [5, 5.41) is 22.1. The molecule has 2 aromatic rings. The largest absolute Gasteiger partial charge is 0.507 e. The minimum atomic E-state index is -0.150. The first-order chi connectivity index (χ1) is 13.0. The van der Waals surface area contributed by atoms with Crippen LogP contribution in [0.5, 0.6) is 11.5 Å². The van der Waals surface area contributed by atoms with Gasteiger partial charge in [0.1, 0.15) is 11.5 Å². The number of hydrogen-bond acceptors (Lipinski definition) is 5. The summed E-state index contributed by atoms with van der Waals surface area (Å²) in [6, 6.07) is 9.34. The van der Waals surface area contributed by atoms with Gasteiger partial charge in [0.15, 0.2) is 5.76 Å². The maximum Gasteiger partial charge on any atom is 0.163 e. The molecule has 0 aromatic heterocycles. The number of hydrogen-bond donors (Lipinski definition) is 2. The fourth-order valence-electron chi connectivity index (χ4n) is 3.69. The lowest BCUT2D eigenvalue weighted by Crippen LogP contribution is -2.26. The van der Waals surface area contributed by atoms with Gasteiger partial charge in [-0.05, 0) is 43.1 Å². The van der Waals surface area contributed by atoms with Crippen LogP contribution >= 0.6 is 11.6 Å². The van der Waals surface area contributed by atoms with Gasteiger partial charge in [0.05, 0.1) is 17.1 Å². The summed E-state index contributed by atoms with van der Waals surface area (Å²) in [7, 11) is 2.14. The molecule has 27 heavy (non-hydrogen) atoms. The van der Waals surface area contributed by atoms with Crippen LogP contribution in [-0.4, -0.2) is 46.9 Å². The number of rotatable bonds is 3. The molecule has 6 heteroatoms. The van der Waals surface area contributed by atoms with Crippen LogP contribution in [0.4, 0.5) is 0 Å². The molecule has 4 rings (SSSR count). The Morgan fingerprint density at radius 3 is 2.67 bits per heavy atom. The highest BCUT2D eigenvalue weighted by Gasteiger charge is 2.28. The number of hydroxylamine groups is 2. The zero-order chi connectivity index (χ0) is 19.1. The van der Waals surface area contributed by atoms with Crippen LogP contribution in [-0.2, 0) is 17.8 Å².